The van der Waals surface area contributed by atoms with E-state index in [9.17, 15) is 4.79 Å². The second-order valence-corrected chi connectivity index (χ2v) is 8.35. The zero-order chi connectivity index (χ0) is 20.7. The van der Waals surface area contributed by atoms with E-state index >= 15 is 0 Å². The van der Waals surface area contributed by atoms with E-state index < -0.39 is 0 Å². The smallest absolute Gasteiger partial charge is 0.234 e. The van der Waals surface area contributed by atoms with Gasteiger partial charge in [-0.1, -0.05) is 53.7 Å². The van der Waals surface area contributed by atoms with Crippen LogP contribution in [0.1, 0.15) is 5.56 Å². The number of imidazole rings is 1. The average Bonchev–Trinajstić information content (AvgIpc) is 3.15. The quantitative estimate of drug-likeness (QED) is 0.291. The molecule has 1 N–H and O–H groups in total. The van der Waals surface area contributed by atoms with Gasteiger partial charge in [-0.15, -0.1) is 0 Å². The molecule has 0 atom stereocenters. The normalized spacial score (nSPS) is 11.4. The van der Waals surface area contributed by atoms with Crippen LogP contribution in [-0.2, 0) is 4.79 Å². The van der Waals surface area contributed by atoms with Gasteiger partial charge in [-0.3, -0.25) is 9.20 Å². The van der Waals surface area contributed by atoms with E-state index in [1.807, 2.05) is 65.9 Å². The monoisotopic (exact) mass is 432 g/mol. The molecule has 7 heteroatoms. The number of hydrogen-bond acceptors (Lipinski definition) is 4. The molecular weight excluding hydrogens is 416 g/mol. The lowest BCUT2D eigenvalue weighted by Crippen LogP contribution is -2.15. The second kappa shape index (κ2) is 7.63. The van der Waals surface area contributed by atoms with Crippen molar-refractivity contribution in [2.45, 2.75) is 12.1 Å². The summed E-state index contributed by atoms with van der Waals surface area (Å²) in [5.41, 5.74) is 5.25. The lowest BCUT2D eigenvalue weighted by atomic mass is 10.2. The summed E-state index contributed by atoms with van der Waals surface area (Å²) in [6, 6.07) is 21.3. The van der Waals surface area contributed by atoms with Crippen LogP contribution >= 0.6 is 23.4 Å². The van der Waals surface area contributed by atoms with Crippen molar-refractivity contribution < 1.29 is 4.79 Å². The van der Waals surface area contributed by atoms with Crippen LogP contribution < -0.4 is 5.32 Å². The van der Waals surface area contributed by atoms with Gasteiger partial charge in [0.05, 0.1) is 22.3 Å². The minimum Gasteiger partial charge on any atom is -0.325 e. The topological polar surface area (TPSA) is 59.3 Å². The van der Waals surface area contributed by atoms with Crippen molar-refractivity contribution in [2.75, 3.05) is 11.1 Å². The molecular formula is C23H17ClN4OS. The van der Waals surface area contributed by atoms with Crippen LogP contribution in [-0.4, -0.2) is 26.0 Å². The first-order chi connectivity index (χ1) is 14.6. The molecule has 0 fully saturated rings. The Hall–Kier alpha value is -3.09. The highest BCUT2D eigenvalue weighted by Crippen LogP contribution is 2.29. The van der Waals surface area contributed by atoms with Gasteiger partial charge in [-0.2, -0.15) is 0 Å². The summed E-state index contributed by atoms with van der Waals surface area (Å²) in [6.07, 6.45) is 0. The van der Waals surface area contributed by atoms with Gasteiger partial charge in [0.15, 0.2) is 5.16 Å². The molecule has 0 aliphatic heterocycles. The summed E-state index contributed by atoms with van der Waals surface area (Å²) in [4.78, 5) is 22.3. The van der Waals surface area contributed by atoms with E-state index in [0.29, 0.717) is 5.02 Å². The summed E-state index contributed by atoms with van der Waals surface area (Å²) in [7, 11) is 0. The Labute approximate surface area is 182 Å². The maximum atomic E-state index is 12.6. The molecule has 5 nitrogen and oxygen atoms in total. The maximum absolute atomic E-state index is 12.6. The summed E-state index contributed by atoms with van der Waals surface area (Å²) in [6.45, 7) is 1.94. The van der Waals surface area contributed by atoms with Gasteiger partial charge in [-0.25, -0.2) is 9.97 Å². The van der Waals surface area contributed by atoms with Gasteiger partial charge in [0.2, 0.25) is 5.91 Å². The van der Waals surface area contributed by atoms with E-state index in [-0.39, 0.29) is 11.7 Å². The number of hydrogen-bond donors (Lipinski definition) is 1. The molecule has 0 bridgehead atoms. The van der Waals surface area contributed by atoms with Crippen molar-refractivity contribution in [2.24, 2.45) is 0 Å². The summed E-state index contributed by atoms with van der Waals surface area (Å²) >= 11 is 7.45. The van der Waals surface area contributed by atoms with E-state index in [0.717, 1.165) is 44.0 Å². The predicted octanol–water partition coefficient (Wildman–Crippen LogP) is 5.73. The Kier molecular flexibility index (Phi) is 4.81. The molecule has 5 rings (SSSR count). The van der Waals surface area contributed by atoms with Crippen LogP contribution in [0.15, 0.2) is 71.9 Å². The first-order valence-corrected chi connectivity index (χ1v) is 10.8. The highest BCUT2D eigenvalue weighted by molar-refractivity contribution is 7.99. The minimum atomic E-state index is -0.113. The minimum absolute atomic E-state index is 0.113. The molecule has 0 aliphatic rings. The third-order valence-electron chi connectivity index (χ3n) is 4.92. The third-order valence-corrected chi connectivity index (χ3v) is 6.09. The lowest BCUT2D eigenvalue weighted by Gasteiger charge is -2.10. The van der Waals surface area contributed by atoms with Crippen molar-refractivity contribution in [3.8, 4) is 0 Å². The van der Waals surface area contributed by atoms with Crippen LogP contribution in [0.4, 0.5) is 5.69 Å². The zero-order valence-electron chi connectivity index (χ0n) is 16.1. The maximum Gasteiger partial charge on any atom is 0.234 e. The number of amides is 1. The molecule has 148 valence electrons. The number of carbonyl (C=O) groups is 1. The van der Waals surface area contributed by atoms with Crippen molar-refractivity contribution in [3.63, 3.8) is 0 Å². The summed E-state index contributed by atoms with van der Waals surface area (Å²) in [5.74, 6) is 0.108. The van der Waals surface area contributed by atoms with E-state index in [2.05, 4.69) is 5.32 Å². The predicted molar refractivity (Wildman–Crippen MR) is 124 cm³/mol. The van der Waals surface area contributed by atoms with Crippen molar-refractivity contribution in [3.05, 3.63) is 77.3 Å². The van der Waals surface area contributed by atoms with Crippen molar-refractivity contribution in [1.82, 2.24) is 14.4 Å². The molecule has 0 radical (unpaired) electrons. The molecule has 5 aromatic rings. The SMILES string of the molecule is Cc1ccc(Cl)cc1NC(=O)CSc1nc2ccccc2c2nc3ccccc3n12. The fraction of sp³-hybridized carbons (Fsp3) is 0.0870. The number of anilines is 1. The van der Waals surface area contributed by atoms with Crippen LogP contribution in [0.5, 0.6) is 0 Å². The fourth-order valence-electron chi connectivity index (χ4n) is 3.46. The number of aryl methyl sites for hydroxylation is 1. The largest absolute Gasteiger partial charge is 0.325 e. The Bertz CT molecular complexity index is 1430. The highest BCUT2D eigenvalue weighted by atomic mass is 35.5. The Morgan fingerprint density at radius 3 is 2.67 bits per heavy atom. The number of nitrogens with one attached hydrogen (secondary N) is 1. The first-order valence-electron chi connectivity index (χ1n) is 9.45. The second-order valence-electron chi connectivity index (χ2n) is 6.97. The lowest BCUT2D eigenvalue weighted by molar-refractivity contribution is -0.113. The Morgan fingerprint density at radius 2 is 1.80 bits per heavy atom. The number of para-hydroxylation sites is 3. The van der Waals surface area contributed by atoms with Crippen LogP contribution in [0, 0.1) is 6.92 Å². The molecule has 2 heterocycles. The van der Waals surface area contributed by atoms with E-state index in [1.165, 1.54) is 11.8 Å². The Morgan fingerprint density at radius 1 is 1.03 bits per heavy atom. The molecule has 0 spiro atoms. The van der Waals surface area contributed by atoms with Gasteiger partial charge in [0, 0.05) is 16.1 Å². The number of fused-ring (bicyclic) bond motifs is 5. The van der Waals surface area contributed by atoms with Crippen molar-refractivity contribution >= 4 is 62.5 Å². The first kappa shape index (κ1) is 18.9. The Balaban J connectivity index is 1.52. The highest BCUT2D eigenvalue weighted by Gasteiger charge is 2.15. The number of rotatable bonds is 4. The summed E-state index contributed by atoms with van der Waals surface area (Å²) in [5, 5.41) is 5.25. The van der Waals surface area contributed by atoms with Crippen LogP contribution in [0.3, 0.4) is 0 Å². The third kappa shape index (κ3) is 3.38. The molecule has 30 heavy (non-hydrogen) atoms. The number of thioether (sulfide) groups is 1. The average molecular weight is 433 g/mol. The van der Waals surface area contributed by atoms with Gasteiger partial charge in [-0.05, 0) is 48.9 Å². The molecule has 0 saturated carbocycles. The summed E-state index contributed by atoms with van der Waals surface area (Å²) < 4.78 is 2.03. The van der Waals surface area contributed by atoms with Gasteiger partial charge in [0.25, 0.3) is 0 Å². The number of benzene rings is 3. The number of nitrogens with zero attached hydrogens (tertiary/aromatic N) is 3. The molecule has 0 unspecified atom stereocenters. The standard InChI is InChI=1S/C23H17ClN4OS/c1-14-10-11-15(24)12-19(14)25-21(29)13-30-23-27-17-7-3-2-6-16(17)22-26-18-8-4-5-9-20(18)28(22)23/h2-12H,13H2,1H3,(H,25,29). The molecule has 0 saturated heterocycles. The fourth-order valence-corrected chi connectivity index (χ4v) is 4.44. The number of halogens is 1. The molecule has 0 aliphatic carbocycles. The van der Waals surface area contributed by atoms with Crippen LogP contribution in [0.25, 0.3) is 27.6 Å². The molecule has 3 aromatic carbocycles. The van der Waals surface area contributed by atoms with Crippen molar-refractivity contribution in [1.29, 1.82) is 0 Å². The number of carbonyl (C=O) groups excluding carboxylic acids is 1. The van der Waals surface area contributed by atoms with Gasteiger partial charge < -0.3 is 5.32 Å². The van der Waals surface area contributed by atoms with Gasteiger partial charge in [0.1, 0.15) is 5.65 Å². The van der Waals surface area contributed by atoms with Gasteiger partial charge >= 0.3 is 0 Å². The molecule has 2 aromatic heterocycles. The van der Waals surface area contributed by atoms with Crippen LogP contribution in [0.2, 0.25) is 5.02 Å². The zero-order valence-corrected chi connectivity index (χ0v) is 17.7. The van der Waals surface area contributed by atoms with E-state index in [4.69, 9.17) is 21.6 Å². The number of aromatic nitrogens is 3. The molecule has 1 amide bonds. The van der Waals surface area contributed by atoms with E-state index in [1.54, 1.807) is 12.1 Å².